The number of pyridine rings is 1. The molecule has 0 aliphatic carbocycles. The lowest BCUT2D eigenvalue weighted by Gasteiger charge is -2.16. The van der Waals surface area contributed by atoms with Crippen LogP contribution < -0.4 is 15.7 Å². The minimum Gasteiger partial charge on any atom is -0.496 e. The summed E-state index contributed by atoms with van der Waals surface area (Å²) in [6.07, 6.45) is 0. The molecule has 0 unspecified atom stereocenters. The van der Waals surface area contributed by atoms with Crippen molar-refractivity contribution in [3.05, 3.63) is 99.7 Å². The maximum absolute atomic E-state index is 13.2. The molecule has 3 aromatic carbocycles. The van der Waals surface area contributed by atoms with Gasteiger partial charge in [0.25, 0.3) is 0 Å². The van der Waals surface area contributed by atoms with Gasteiger partial charge in [-0.25, -0.2) is 18.7 Å². The van der Waals surface area contributed by atoms with Crippen LogP contribution in [0.5, 0.6) is 5.75 Å². The van der Waals surface area contributed by atoms with E-state index in [-0.39, 0.29) is 11.5 Å². The van der Waals surface area contributed by atoms with E-state index in [1.807, 2.05) is 43.3 Å². The Bertz CT molecular complexity index is 1520. The van der Waals surface area contributed by atoms with Crippen molar-refractivity contribution < 1.29 is 9.13 Å². The quantitative estimate of drug-likeness (QED) is 0.404. The van der Waals surface area contributed by atoms with E-state index < -0.39 is 0 Å². The molecule has 0 amide bonds. The molecule has 0 aliphatic heterocycles. The van der Waals surface area contributed by atoms with Gasteiger partial charge in [-0.1, -0.05) is 36.4 Å². The van der Waals surface area contributed by atoms with Crippen LogP contribution in [-0.2, 0) is 13.1 Å². The molecule has 0 fully saturated rings. The van der Waals surface area contributed by atoms with Crippen molar-refractivity contribution >= 4 is 16.6 Å². The summed E-state index contributed by atoms with van der Waals surface area (Å²) < 4.78 is 20.5. The molecule has 0 aliphatic rings. The van der Waals surface area contributed by atoms with E-state index in [1.54, 1.807) is 23.6 Å². The first-order chi connectivity index (χ1) is 16.0. The number of aryl methyl sites for hydroxylation is 1. The van der Waals surface area contributed by atoms with Crippen LogP contribution in [0.4, 0.5) is 4.39 Å². The summed E-state index contributed by atoms with van der Waals surface area (Å²) in [5, 5.41) is 11.0. The molecule has 33 heavy (non-hydrogen) atoms. The predicted molar refractivity (Wildman–Crippen MR) is 127 cm³/mol. The van der Waals surface area contributed by atoms with Gasteiger partial charge in [-0.15, -0.1) is 0 Å². The highest BCUT2D eigenvalue weighted by molar-refractivity contribution is 5.92. The lowest BCUT2D eigenvalue weighted by molar-refractivity contribution is 0.417. The molecule has 6 nitrogen and oxygen atoms in total. The Kier molecular flexibility index (Phi) is 5.40. The molecule has 0 bridgehead atoms. The first-order valence-corrected chi connectivity index (χ1v) is 10.7. The third kappa shape index (κ3) is 3.87. The first kappa shape index (κ1) is 20.9. The van der Waals surface area contributed by atoms with Crippen LogP contribution in [-0.4, -0.2) is 21.7 Å². The van der Waals surface area contributed by atoms with Gasteiger partial charge in [0.2, 0.25) is 0 Å². The van der Waals surface area contributed by atoms with Gasteiger partial charge >= 0.3 is 5.69 Å². The first-order valence-electron chi connectivity index (χ1n) is 10.7. The number of hydrogen-bond donors (Lipinski definition) is 2. The molecule has 5 aromatic rings. The van der Waals surface area contributed by atoms with Crippen LogP contribution in [0.2, 0.25) is 0 Å². The number of halogens is 1. The lowest BCUT2D eigenvalue weighted by Crippen LogP contribution is -2.13. The largest absolute Gasteiger partial charge is 0.496 e. The van der Waals surface area contributed by atoms with Gasteiger partial charge in [0.05, 0.1) is 12.6 Å². The lowest BCUT2D eigenvalue weighted by atomic mass is 9.96. The molecule has 2 heterocycles. The molecule has 2 N–H and O–H groups in total. The van der Waals surface area contributed by atoms with Crippen LogP contribution in [0.15, 0.2) is 71.5 Å². The monoisotopic (exact) mass is 442 g/mol. The van der Waals surface area contributed by atoms with Crippen LogP contribution in [0.25, 0.3) is 27.7 Å². The van der Waals surface area contributed by atoms with Gasteiger partial charge < -0.3 is 10.1 Å². The second-order valence-electron chi connectivity index (χ2n) is 8.01. The predicted octanol–water partition coefficient (Wildman–Crippen LogP) is 4.59. The summed E-state index contributed by atoms with van der Waals surface area (Å²) in [7, 11) is 1.65. The highest BCUT2D eigenvalue weighted by Gasteiger charge is 2.16. The van der Waals surface area contributed by atoms with Crippen molar-refractivity contribution in [2.75, 3.05) is 7.11 Å². The van der Waals surface area contributed by atoms with Crippen molar-refractivity contribution in [2.45, 2.75) is 20.0 Å². The number of benzene rings is 3. The average molecular weight is 442 g/mol. The zero-order valence-electron chi connectivity index (χ0n) is 18.4. The minimum absolute atomic E-state index is 0.242. The number of nitrogens with zero attached hydrogens (tertiary/aromatic N) is 2. The van der Waals surface area contributed by atoms with E-state index in [0.29, 0.717) is 18.7 Å². The number of rotatable bonds is 6. The number of nitrogens with one attached hydrogen (secondary N) is 2. The van der Waals surface area contributed by atoms with E-state index in [0.717, 1.165) is 44.5 Å². The molecule has 0 saturated carbocycles. The van der Waals surface area contributed by atoms with Crippen LogP contribution in [0, 0.1) is 12.7 Å². The molecular weight excluding hydrogens is 419 g/mol. The number of methoxy groups -OCH3 is 1. The molecule has 5 rings (SSSR count). The van der Waals surface area contributed by atoms with Crippen LogP contribution in [0.3, 0.4) is 0 Å². The normalized spacial score (nSPS) is 11.4. The SMILES string of the molecule is COc1cc2c(C)cc3n[nH]c(=O)n3c2cc1-c1ccccc1CNCc1ccc(F)cc1. The molecule has 0 spiro atoms. The second-order valence-corrected chi connectivity index (χ2v) is 8.01. The molecule has 0 atom stereocenters. The maximum atomic E-state index is 13.2. The fourth-order valence-electron chi connectivity index (χ4n) is 4.24. The zero-order valence-corrected chi connectivity index (χ0v) is 18.4. The van der Waals surface area contributed by atoms with E-state index in [1.165, 1.54) is 12.1 Å². The van der Waals surface area contributed by atoms with Crippen molar-refractivity contribution in [1.82, 2.24) is 19.9 Å². The molecule has 0 radical (unpaired) electrons. The van der Waals surface area contributed by atoms with Gasteiger partial charge in [-0.2, -0.15) is 5.10 Å². The molecular formula is C26H23FN4O2. The summed E-state index contributed by atoms with van der Waals surface area (Å²) in [5.74, 6) is 0.487. The summed E-state index contributed by atoms with van der Waals surface area (Å²) in [6.45, 7) is 3.23. The van der Waals surface area contributed by atoms with Crippen LogP contribution >= 0.6 is 0 Å². The van der Waals surface area contributed by atoms with E-state index in [4.69, 9.17) is 4.74 Å². The van der Waals surface area contributed by atoms with E-state index in [2.05, 4.69) is 21.6 Å². The smallest absolute Gasteiger partial charge is 0.348 e. The van der Waals surface area contributed by atoms with Crippen molar-refractivity contribution in [1.29, 1.82) is 0 Å². The zero-order chi connectivity index (χ0) is 22.9. The van der Waals surface area contributed by atoms with Gasteiger partial charge in [-0.3, -0.25) is 0 Å². The average Bonchev–Trinajstić information content (AvgIpc) is 3.20. The molecule has 166 valence electrons. The number of H-pyrrole nitrogens is 1. The highest BCUT2D eigenvalue weighted by atomic mass is 19.1. The Balaban J connectivity index is 1.57. The number of ether oxygens (including phenoxy) is 1. The Morgan fingerprint density at radius 1 is 1.03 bits per heavy atom. The standard InChI is InChI=1S/C26H23FN4O2/c1-16-11-25-29-30-26(32)31(25)23-12-22(24(33-2)13-21(16)23)20-6-4-3-5-18(20)15-28-14-17-7-9-19(27)10-8-17/h3-13,28H,14-15H2,1-2H3,(H,30,32). The maximum Gasteiger partial charge on any atom is 0.348 e. The Hall–Kier alpha value is -3.97. The Morgan fingerprint density at radius 3 is 2.61 bits per heavy atom. The summed E-state index contributed by atoms with van der Waals surface area (Å²) in [5.41, 5.74) is 6.08. The van der Waals surface area contributed by atoms with Gasteiger partial charge in [0.1, 0.15) is 11.6 Å². The van der Waals surface area contributed by atoms with Crippen molar-refractivity contribution in [3.8, 4) is 16.9 Å². The highest BCUT2D eigenvalue weighted by Crippen LogP contribution is 2.37. The number of hydrogen-bond acceptors (Lipinski definition) is 4. The number of fused-ring (bicyclic) bond motifs is 3. The molecule has 0 saturated heterocycles. The molecule has 7 heteroatoms. The third-order valence-electron chi connectivity index (χ3n) is 5.89. The summed E-state index contributed by atoms with van der Waals surface area (Å²) in [4.78, 5) is 12.5. The third-order valence-corrected chi connectivity index (χ3v) is 5.89. The van der Waals surface area contributed by atoms with Gasteiger partial charge in [0.15, 0.2) is 5.65 Å². The fraction of sp³-hybridized carbons (Fsp3) is 0.154. The van der Waals surface area contributed by atoms with E-state index in [9.17, 15) is 9.18 Å². The van der Waals surface area contributed by atoms with Crippen molar-refractivity contribution in [2.24, 2.45) is 0 Å². The van der Waals surface area contributed by atoms with Gasteiger partial charge in [-0.05, 0) is 59.5 Å². The Morgan fingerprint density at radius 2 is 1.82 bits per heavy atom. The van der Waals surface area contributed by atoms with Crippen molar-refractivity contribution in [3.63, 3.8) is 0 Å². The fourth-order valence-corrected chi connectivity index (χ4v) is 4.24. The topological polar surface area (TPSA) is 71.4 Å². The molecule has 2 aromatic heterocycles. The Labute approximate surface area is 189 Å². The number of aromatic nitrogens is 3. The summed E-state index contributed by atoms with van der Waals surface area (Å²) in [6, 6.07) is 20.4. The van der Waals surface area contributed by atoms with Gasteiger partial charge in [0, 0.05) is 24.0 Å². The summed E-state index contributed by atoms with van der Waals surface area (Å²) >= 11 is 0. The number of aromatic amines is 1. The van der Waals surface area contributed by atoms with Crippen LogP contribution in [0.1, 0.15) is 16.7 Å². The van der Waals surface area contributed by atoms with E-state index >= 15 is 0 Å². The minimum atomic E-state index is -0.277. The second kappa shape index (κ2) is 8.52.